The van der Waals surface area contributed by atoms with Gasteiger partial charge in [0.15, 0.2) is 5.96 Å². The van der Waals surface area contributed by atoms with E-state index in [4.69, 9.17) is 22.6 Å². The fourth-order valence-electron chi connectivity index (χ4n) is 12.8. The third kappa shape index (κ3) is 26.2. The number of likely N-dealkylation sites (tertiary alicyclic amines) is 1. The summed E-state index contributed by atoms with van der Waals surface area (Å²) in [4.78, 5) is 202. The monoisotopic (exact) mass is 1530 g/mol. The largest absolute Gasteiger partial charge is 0.508 e. The molecule has 3 aromatic carbocycles. The first-order valence-electron chi connectivity index (χ1n) is 35.5. The number of aromatic hydroxyl groups is 1. The number of hydrogen-bond acceptors (Lipinski definition) is 20. The Kier molecular flexibility index (Phi) is 32.6. The first-order chi connectivity index (χ1) is 51.6. The quantitative estimate of drug-likeness (QED) is 0.0163. The first kappa shape index (κ1) is 84.3. The van der Waals surface area contributed by atoms with Crippen LogP contribution in [0.25, 0.3) is 10.9 Å². The van der Waals surface area contributed by atoms with Crippen LogP contribution < -0.4 is 75.7 Å². The van der Waals surface area contributed by atoms with Crippen molar-refractivity contribution in [3.8, 4) is 11.8 Å². The molecule has 108 heavy (non-hydrogen) atoms. The lowest BCUT2D eigenvalue weighted by atomic mass is 9.95. The summed E-state index contributed by atoms with van der Waals surface area (Å²) in [5, 5.41) is 77.2. The van der Waals surface area contributed by atoms with Gasteiger partial charge in [-0.25, -0.2) is 0 Å². The molecule has 37 heteroatoms. The second-order valence-electron chi connectivity index (χ2n) is 26.8. The number of rotatable bonds is 24. The van der Waals surface area contributed by atoms with E-state index in [0.717, 1.165) is 21.6 Å². The molecule has 2 saturated heterocycles. The van der Waals surface area contributed by atoms with Crippen molar-refractivity contribution in [2.24, 2.45) is 23.1 Å². The van der Waals surface area contributed by atoms with Gasteiger partial charge in [0, 0.05) is 99.2 Å². The molecule has 3 heterocycles. The molecule has 12 amide bonds. The molecule has 2 aliphatic heterocycles. The summed E-state index contributed by atoms with van der Waals surface area (Å²) in [5.74, 6) is -15.8. The number of amides is 12. The van der Waals surface area contributed by atoms with Crippen molar-refractivity contribution in [3.63, 3.8) is 0 Å². The standard InChI is InChI=1S/C71H94N18O17S2/c1-38(73)30-57(92)89-29-9-17-55(89)69(105)84-50(31-39-18-20-44(90)21-19-39)65(101)87-54-37-108-107-36-53(61(74)97)86-64(100)49(23-25-59(95)96)82-67(103)52(33-43-35-79-46-15-7-6-14-45(43)46)83-63(99)48(22-24-58(93)94)80-56(91)26-28-77-62(98)47(16-8-27-78-71(75)76)81-66(102)51(32-41-12-4-5-13-42(41)34-72)85-70(106)60(88-68(54)104)40-10-2-3-11-40/h4-7,12-15,18-21,35,38,40,47-55,60,79,90H,2-3,8-11,16-17,22-33,36-37,73H2,1H3,(H2,74,97)(H,77,98)(H,80,91)(H,81,102)(H,82,103)(H,83,99)(H,84,105)(H,85,106)(H,86,100)(H,87,101)(H,88,104)(H,93,94)(H,95,96)(H4,75,76,78)/t38-,47+,48+,49+,50+,51+,52+,53-,54+,55+,60+/m1/s1. The lowest BCUT2D eigenvalue weighted by molar-refractivity contribution is -0.140. The first-order valence-corrected chi connectivity index (χ1v) is 38.0. The number of aromatic nitrogens is 1. The van der Waals surface area contributed by atoms with E-state index in [9.17, 15) is 68.5 Å². The number of aliphatic carboxylic acids is 2. The number of phenolic OH excluding ortho intramolecular Hbond substituents is 1. The third-order valence-electron chi connectivity index (χ3n) is 18.5. The number of nitrogens with two attached hydrogens (primary N) is 3. The molecule has 7 rings (SSSR count). The summed E-state index contributed by atoms with van der Waals surface area (Å²) in [6.07, 6.45) is -0.0638. The number of hydrogen-bond donors (Lipinski definition) is 19. The van der Waals surface area contributed by atoms with Gasteiger partial charge in [0.1, 0.15) is 66.2 Å². The zero-order chi connectivity index (χ0) is 78.6. The molecule has 1 saturated carbocycles. The Bertz CT molecular complexity index is 3960. The van der Waals surface area contributed by atoms with E-state index < -0.39 is 211 Å². The van der Waals surface area contributed by atoms with Crippen molar-refractivity contribution < 1.29 is 82.4 Å². The maximum absolute atomic E-state index is 15.3. The van der Waals surface area contributed by atoms with Crippen LogP contribution in [0.4, 0.5) is 0 Å². The molecule has 1 aliphatic carbocycles. The van der Waals surface area contributed by atoms with E-state index >= 15 is 19.2 Å². The number of carboxylic acids is 2. The number of nitrogens with zero attached hydrogens (tertiary/aromatic N) is 2. The third-order valence-corrected chi connectivity index (χ3v) is 20.9. The smallest absolute Gasteiger partial charge is 0.303 e. The Morgan fingerprint density at radius 1 is 0.685 bits per heavy atom. The highest BCUT2D eigenvalue weighted by atomic mass is 33.1. The van der Waals surface area contributed by atoms with E-state index in [0.29, 0.717) is 54.1 Å². The van der Waals surface area contributed by atoms with Crippen molar-refractivity contribution in [2.45, 2.75) is 183 Å². The molecule has 0 bridgehead atoms. The average Bonchev–Trinajstić information content (AvgIpc) is 1.62. The molecule has 3 fully saturated rings. The zero-order valence-electron chi connectivity index (χ0n) is 59.5. The Morgan fingerprint density at radius 3 is 1.93 bits per heavy atom. The van der Waals surface area contributed by atoms with Crippen LogP contribution in [0.5, 0.6) is 5.75 Å². The molecule has 0 unspecified atom stereocenters. The van der Waals surface area contributed by atoms with Crippen molar-refractivity contribution in [1.29, 1.82) is 10.7 Å². The van der Waals surface area contributed by atoms with Gasteiger partial charge in [0.2, 0.25) is 70.9 Å². The summed E-state index contributed by atoms with van der Waals surface area (Å²) >= 11 is 0. The maximum atomic E-state index is 15.3. The van der Waals surface area contributed by atoms with Gasteiger partial charge >= 0.3 is 11.9 Å². The molecule has 4 aromatic rings. The van der Waals surface area contributed by atoms with E-state index in [1.54, 1.807) is 55.6 Å². The van der Waals surface area contributed by atoms with Crippen LogP contribution in [0.2, 0.25) is 0 Å². The lowest BCUT2D eigenvalue weighted by Crippen LogP contribution is -2.61. The topological polar surface area (TPSA) is 577 Å². The lowest BCUT2D eigenvalue weighted by Gasteiger charge is -2.30. The molecule has 3 aliphatic rings. The van der Waals surface area contributed by atoms with Gasteiger partial charge < -0.3 is 101 Å². The van der Waals surface area contributed by atoms with Crippen LogP contribution in [0, 0.1) is 22.7 Å². The summed E-state index contributed by atoms with van der Waals surface area (Å²) in [7, 11) is 1.71. The predicted molar refractivity (Wildman–Crippen MR) is 396 cm³/mol. The molecule has 22 N–H and O–H groups in total. The SMILES string of the molecule is C[C@@H](N)CC(=O)N1CCC[C@H]1C(=O)N[C@@H](Cc1ccc(O)cc1)C(=O)N[C@H]1CSSC[C@H](C(N)=O)NC(=O)[C@H](CCC(=O)O)NC(=O)[C@H](Cc2c[nH]c3ccccc23)NC(=O)[C@H](CCC(=O)O)NC(=O)CCNC(=O)[C@H](CCCNC(=N)N)NC(=O)[C@H](Cc2ccccc2C#N)NC(=O)[C@H](C2CCCC2)NC1=O. The minimum atomic E-state index is -1.77. The van der Waals surface area contributed by atoms with Crippen LogP contribution >= 0.6 is 21.6 Å². The van der Waals surface area contributed by atoms with Crippen LogP contribution in [-0.2, 0) is 86.4 Å². The number of primary amides is 1. The number of phenols is 1. The predicted octanol–water partition coefficient (Wildman–Crippen LogP) is -1.57. The highest BCUT2D eigenvalue weighted by Crippen LogP contribution is 2.30. The fourth-order valence-corrected chi connectivity index (χ4v) is 15.1. The number of carbonyl (C=O) groups excluding carboxylic acids is 12. The second kappa shape index (κ2) is 41.8. The van der Waals surface area contributed by atoms with Crippen molar-refractivity contribution in [1.82, 2.24) is 68.4 Å². The molecule has 1 aromatic heterocycles. The second-order valence-corrected chi connectivity index (χ2v) is 29.3. The van der Waals surface area contributed by atoms with E-state index in [-0.39, 0.29) is 74.9 Å². The molecule has 0 radical (unpaired) electrons. The van der Waals surface area contributed by atoms with Gasteiger partial charge in [-0.1, -0.05) is 83.0 Å². The normalized spacial score (nSPS) is 22.9. The van der Waals surface area contributed by atoms with Gasteiger partial charge in [-0.3, -0.25) is 72.5 Å². The number of para-hydroxylation sites is 1. The van der Waals surface area contributed by atoms with Gasteiger partial charge in [-0.2, -0.15) is 5.26 Å². The van der Waals surface area contributed by atoms with E-state index in [1.165, 1.54) is 35.2 Å². The number of carbonyl (C=O) groups is 14. The number of H-pyrrole nitrogens is 1. The van der Waals surface area contributed by atoms with Crippen molar-refractivity contribution in [3.05, 3.63) is 101 Å². The number of benzene rings is 3. The van der Waals surface area contributed by atoms with Crippen LogP contribution in [0.15, 0.2) is 79.0 Å². The minimum Gasteiger partial charge on any atom is -0.508 e. The number of aromatic amines is 1. The number of fused-ring (bicyclic) bond motifs is 1. The Hall–Kier alpha value is -11.0. The van der Waals surface area contributed by atoms with E-state index in [2.05, 4.69) is 69.5 Å². The zero-order valence-corrected chi connectivity index (χ0v) is 61.1. The van der Waals surface area contributed by atoms with Crippen molar-refractivity contribution in [2.75, 3.05) is 31.1 Å². The molecule has 11 atom stereocenters. The molecule has 582 valence electrons. The van der Waals surface area contributed by atoms with E-state index in [1.807, 2.05) is 0 Å². The number of guanidine groups is 1. The van der Waals surface area contributed by atoms with Crippen LogP contribution in [0.3, 0.4) is 0 Å². The van der Waals surface area contributed by atoms with Gasteiger partial charge in [-0.05, 0) is 105 Å². The maximum Gasteiger partial charge on any atom is 0.303 e. The number of nitrogens with one attached hydrogen (secondary N) is 13. The number of carboxylic acid groups (broad SMARTS) is 2. The summed E-state index contributed by atoms with van der Waals surface area (Å²) in [6, 6.07) is 4.84. The highest BCUT2D eigenvalue weighted by molar-refractivity contribution is 8.76. The Labute approximate surface area is 629 Å². The molecule has 35 nitrogen and oxygen atoms in total. The summed E-state index contributed by atoms with van der Waals surface area (Å²) in [6.45, 7) is 1.41. The Morgan fingerprint density at radius 2 is 1.28 bits per heavy atom. The molecular formula is C71H94N18O17S2. The van der Waals surface area contributed by atoms with Crippen LogP contribution in [-0.4, -0.2) is 212 Å². The fraction of sp³-hybridized carbons (Fsp3) is 0.493. The summed E-state index contributed by atoms with van der Waals surface area (Å²) < 4.78 is 0. The highest BCUT2D eigenvalue weighted by Gasteiger charge is 2.41. The van der Waals surface area contributed by atoms with Gasteiger partial charge in [0.25, 0.3) is 0 Å². The molecular weight excluding hydrogens is 1440 g/mol. The van der Waals surface area contributed by atoms with Crippen molar-refractivity contribution >= 4 is 121 Å². The summed E-state index contributed by atoms with van der Waals surface area (Å²) in [5.41, 5.74) is 19.3. The Balaban J connectivity index is 1.29. The number of nitriles is 1. The minimum absolute atomic E-state index is 0.0251. The molecule has 0 spiro atoms. The average molecular weight is 1540 g/mol. The van der Waals surface area contributed by atoms with Gasteiger partial charge in [0.05, 0.1) is 11.6 Å². The van der Waals surface area contributed by atoms with Crippen LogP contribution in [0.1, 0.15) is 119 Å². The van der Waals surface area contributed by atoms with Gasteiger partial charge in [-0.15, -0.1) is 0 Å².